The normalized spacial score (nSPS) is 11.9. The largest absolute Gasteiger partial charge is 0.322 e. The number of nitrogens with one attached hydrogen (secondary N) is 1. The number of aromatic nitrogens is 2. The number of para-hydroxylation sites is 2. The molecule has 0 aliphatic rings. The van der Waals surface area contributed by atoms with E-state index in [1.165, 1.54) is 0 Å². The number of carbonyl (C=O) groups is 1. The highest BCUT2D eigenvalue weighted by atomic mass is 16.2. The van der Waals surface area contributed by atoms with Crippen LogP contribution in [-0.2, 0) is 0 Å². The number of hydrogen-bond donors (Lipinski definition) is 1. The number of aryl methyl sites for hydroxylation is 2. The summed E-state index contributed by atoms with van der Waals surface area (Å²) >= 11 is 0. The molecule has 1 aromatic heterocycles. The summed E-state index contributed by atoms with van der Waals surface area (Å²) in [4.78, 5) is 32.9. The topological polar surface area (TPSA) is 67.2 Å². The molecule has 0 aliphatic heterocycles. The molecule has 32 heavy (non-hydrogen) atoms. The molecule has 1 unspecified atom stereocenters. The summed E-state index contributed by atoms with van der Waals surface area (Å²) in [7, 11) is 1.70. The maximum Gasteiger partial charge on any atom is 0.322 e. The van der Waals surface area contributed by atoms with Crippen LogP contribution in [0.2, 0.25) is 0 Å². The van der Waals surface area contributed by atoms with E-state index >= 15 is 0 Å². The van der Waals surface area contributed by atoms with E-state index in [1.54, 1.807) is 22.6 Å². The third-order valence-corrected chi connectivity index (χ3v) is 5.69. The Hall–Kier alpha value is -3.93. The fourth-order valence-electron chi connectivity index (χ4n) is 3.80. The monoisotopic (exact) mass is 426 g/mol. The van der Waals surface area contributed by atoms with Crippen LogP contribution >= 0.6 is 0 Å². The molecule has 6 nitrogen and oxygen atoms in total. The predicted molar refractivity (Wildman–Crippen MR) is 128 cm³/mol. The summed E-state index contributed by atoms with van der Waals surface area (Å²) < 4.78 is 1.63. The summed E-state index contributed by atoms with van der Waals surface area (Å²) in [6.45, 7) is 5.87. The van der Waals surface area contributed by atoms with Gasteiger partial charge in [-0.25, -0.2) is 9.78 Å². The number of urea groups is 1. The smallest absolute Gasteiger partial charge is 0.318 e. The average Bonchev–Trinajstić information content (AvgIpc) is 2.79. The third kappa shape index (κ3) is 3.99. The van der Waals surface area contributed by atoms with Gasteiger partial charge in [-0.05, 0) is 56.7 Å². The molecule has 2 amide bonds. The van der Waals surface area contributed by atoms with Gasteiger partial charge in [-0.3, -0.25) is 9.36 Å². The minimum atomic E-state index is -0.461. The summed E-state index contributed by atoms with van der Waals surface area (Å²) in [5.74, 6) is 0.506. The number of amides is 2. The molecule has 0 radical (unpaired) electrons. The first-order valence-electron chi connectivity index (χ1n) is 10.5. The molecule has 0 saturated carbocycles. The lowest BCUT2D eigenvalue weighted by Crippen LogP contribution is -2.37. The summed E-state index contributed by atoms with van der Waals surface area (Å²) in [5.41, 5.74) is 4.00. The van der Waals surface area contributed by atoms with Gasteiger partial charge in [0, 0.05) is 12.7 Å². The molecule has 1 N–H and O–H groups in total. The van der Waals surface area contributed by atoms with E-state index in [1.807, 2.05) is 87.5 Å². The minimum absolute atomic E-state index is 0.152. The van der Waals surface area contributed by atoms with E-state index in [2.05, 4.69) is 5.32 Å². The first kappa shape index (κ1) is 21.3. The zero-order valence-electron chi connectivity index (χ0n) is 18.7. The second-order valence-corrected chi connectivity index (χ2v) is 8.00. The van der Waals surface area contributed by atoms with Gasteiger partial charge in [-0.2, -0.15) is 0 Å². The molecule has 1 atom stereocenters. The zero-order chi connectivity index (χ0) is 22.8. The Labute approximate surface area is 187 Å². The number of nitrogens with zero attached hydrogens (tertiary/aromatic N) is 3. The fourth-order valence-corrected chi connectivity index (χ4v) is 3.80. The number of benzene rings is 3. The maximum absolute atomic E-state index is 13.6. The fraction of sp³-hybridized carbons (Fsp3) is 0.192. The predicted octanol–water partition coefficient (Wildman–Crippen LogP) is 5.23. The molecule has 1 heterocycles. The number of fused-ring (bicyclic) bond motifs is 1. The minimum Gasteiger partial charge on any atom is -0.318 e. The SMILES string of the molecule is Cc1ccc(-n2c(C(C)N(C)C(=O)Nc3ccccc3)nc3ccccc3c2=O)c(C)c1. The van der Waals surface area contributed by atoms with Crippen molar-refractivity contribution in [2.75, 3.05) is 12.4 Å². The van der Waals surface area contributed by atoms with E-state index in [4.69, 9.17) is 4.98 Å². The van der Waals surface area contributed by atoms with E-state index in [0.717, 1.165) is 16.8 Å². The first-order chi connectivity index (χ1) is 15.4. The van der Waals surface area contributed by atoms with Gasteiger partial charge in [0.1, 0.15) is 5.82 Å². The van der Waals surface area contributed by atoms with Gasteiger partial charge in [0.2, 0.25) is 0 Å². The maximum atomic E-state index is 13.6. The van der Waals surface area contributed by atoms with Crippen LogP contribution in [0.5, 0.6) is 0 Å². The van der Waals surface area contributed by atoms with Crippen LogP contribution in [0, 0.1) is 13.8 Å². The van der Waals surface area contributed by atoms with Crippen LogP contribution in [0.25, 0.3) is 16.6 Å². The van der Waals surface area contributed by atoms with E-state index in [0.29, 0.717) is 22.4 Å². The van der Waals surface area contributed by atoms with Gasteiger partial charge in [0.15, 0.2) is 0 Å². The van der Waals surface area contributed by atoms with Crippen LogP contribution in [-0.4, -0.2) is 27.5 Å². The summed E-state index contributed by atoms with van der Waals surface area (Å²) in [5, 5.41) is 3.44. The van der Waals surface area contributed by atoms with Gasteiger partial charge in [0.25, 0.3) is 5.56 Å². The molecular weight excluding hydrogens is 400 g/mol. The Morgan fingerprint density at radius 1 is 1.00 bits per heavy atom. The molecule has 4 rings (SSSR count). The van der Waals surface area contributed by atoms with Gasteiger partial charge in [-0.1, -0.05) is 48.0 Å². The van der Waals surface area contributed by atoms with Crippen molar-refractivity contribution in [2.24, 2.45) is 0 Å². The standard InChI is InChI=1S/C26H26N4O2/c1-17-14-15-23(18(2)16-17)30-24(28-22-13-9-8-12-21(22)25(30)31)19(3)29(4)26(32)27-20-10-6-5-7-11-20/h5-16,19H,1-4H3,(H,27,32). The Balaban J connectivity index is 1.83. The Bertz CT molecular complexity index is 1350. The molecule has 0 saturated heterocycles. The van der Waals surface area contributed by atoms with Crippen LogP contribution in [0.4, 0.5) is 10.5 Å². The summed E-state index contributed by atoms with van der Waals surface area (Å²) in [6.07, 6.45) is 0. The molecule has 0 aliphatic carbocycles. The lowest BCUT2D eigenvalue weighted by Gasteiger charge is -2.27. The van der Waals surface area contributed by atoms with Crippen LogP contribution < -0.4 is 10.9 Å². The van der Waals surface area contributed by atoms with E-state index in [-0.39, 0.29) is 11.6 Å². The molecule has 162 valence electrons. The van der Waals surface area contributed by atoms with Crippen LogP contribution in [0.1, 0.15) is 29.9 Å². The Morgan fingerprint density at radius 2 is 1.69 bits per heavy atom. The lowest BCUT2D eigenvalue weighted by molar-refractivity contribution is 0.205. The lowest BCUT2D eigenvalue weighted by atomic mass is 10.1. The molecule has 3 aromatic carbocycles. The van der Waals surface area contributed by atoms with Crippen molar-refractivity contribution < 1.29 is 4.79 Å². The Kier molecular flexibility index (Phi) is 5.77. The van der Waals surface area contributed by atoms with Crippen molar-refractivity contribution >= 4 is 22.6 Å². The second-order valence-electron chi connectivity index (χ2n) is 8.00. The third-order valence-electron chi connectivity index (χ3n) is 5.69. The van der Waals surface area contributed by atoms with Crippen molar-refractivity contribution in [3.63, 3.8) is 0 Å². The molecule has 0 bridgehead atoms. The Morgan fingerprint density at radius 3 is 2.41 bits per heavy atom. The molecule has 0 fully saturated rings. The van der Waals surface area contributed by atoms with Gasteiger partial charge in [0.05, 0.1) is 22.6 Å². The van der Waals surface area contributed by atoms with Crippen molar-refractivity contribution in [3.05, 3.63) is 100 Å². The molecule has 0 spiro atoms. The molecule has 4 aromatic rings. The van der Waals surface area contributed by atoms with Gasteiger partial charge < -0.3 is 10.2 Å². The van der Waals surface area contributed by atoms with Crippen LogP contribution in [0.15, 0.2) is 77.6 Å². The van der Waals surface area contributed by atoms with Gasteiger partial charge >= 0.3 is 6.03 Å². The van der Waals surface area contributed by atoms with Gasteiger partial charge in [-0.15, -0.1) is 0 Å². The average molecular weight is 427 g/mol. The number of hydrogen-bond acceptors (Lipinski definition) is 3. The summed E-state index contributed by atoms with van der Waals surface area (Å²) in [6, 6.07) is 21.8. The number of rotatable bonds is 4. The second kappa shape index (κ2) is 8.67. The highest BCUT2D eigenvalue weighted by Crippen LogP contribution is 2.24. The first-order valence-corrected chi connectivity index (χ1v) is 10.5. The zero-order valence-corrected chi connectivity index (χ0v) is 18.7. The van der Waals surface area contributed by atoms with Crippen LogP contribution in [0.3, 0.4) is 0 Å². The van der Waals surface area contributed by atoms with Crippen molar-refractivity contribution in [1.82, 2.24) is 14.5 Å². The highest BCUT2D eigenvalue weighted by Gasteiger charge is 2.24. The highest BCUT2D eigenvalue weighted by molar-refractivity contribution is 5.89. The van der Waals surface area contributed by atoms with Crippen molar-refractivity contribution in [3.8, 4) is 5.69 Å². The quantitative estimate of drug-likeness (QED) is 0.486. The van der Waals surface area contributed by atoms with E-state index in [9.17, 15) is 9.59 Å². The number of anilines is 1. The molecule has 6 heteroatoms. The van der Waals surface area contributed by atoms with Crippen molar-refractivity contribution in [2.45, 2.75) is 26.8 Å². The van der Waals surface area contributed by atoms with E-state index < -0.39 is 6.04 Å². The number of carbonyl (C=O) groups excluding carboxylic acids is 1. The molecular formula is C26H26N4O2. The van der Waals surface area contributed by atoms with Crippen molar-refractivity contribution in [1.29, 1.82) is 0 Å².